The first-order chi connectivity index (χ1) is 34.2. The van der Waals surface area contributed by atoms with Crippen molar-refractivity contribution in [3.63, 3.8) is 0 Å². The van der Waals surface area contributed by atoms with Crippen LogP contribution in [-0.4, -0.2) is 37.2 Å². The van der Waals surface area contributed by atoms with Crippen LogP contribution in [0.5, 0.6) is 0 Å². The molecular weight excluding hydrogens is 868 g/mol. The Bertz CT molecular complexity index is 619. The summed E-state index contributed by atoms with van der Waals surface area (Å²) >= 11 is 0. The van der Waals surface area contributed by atoms with Gasteiger partial charge >= 0.3 is 17.4 Å². The molecule has 0 N–H and O–H groups in total. The maximum Gasteiger partial charge on any atom is 3.00 e. The molecule has 0 saturated carbocycles. The summed E-state index contributed by atoms with van der Waals surface area (Å²) in [4.78, 5) is 0. The van der Waals surface area contributed by atoms with Gasteiger partial charge in [-0.05, 0) is 0 Å². The summed E-state index contributed by atoms with van der Waals surface area (Å²) in [5, 5.41) is 30.9. The van der Waals surface area contributed by atoms with Crippen molar-refractivity contribution >= 4 is 17.4 Å². The van der Waals surface area contributed by atoms with Gasteiger partial charge in [0.25, 0.3) is 0 Å². The summed E-state index contributed by atoms with van der Waals surface area (Å²) in [5.74, 6) is 0. The number of unbranched alkanes of at least 4 members (excludes halogenated alkanes) is 57. The first-order valence-corrected chi connectivity index (χ1v) is 33.0. The van der Waals surface area contributed by atoms with Crippen LogP contribution in [0.25, 0.3) is 0 Å². The molecule has 0 unspecified atom stereocenters. The van der Waals surface area contributed by atoms with Gasteiger partial charge in [0.2, 0.25) is 0 Å². The predicted octanol–water partition coefficient (Wildman–Crippen LogP) is 21.1. The molecule has 0 aromatic heterocycles. The van der Waals surface area contributed by atoms with Crippen LogP contribution >= 0.6 is 0 Å². The topological polar surface area (TPSA) is 69.2 Å². The Morgan fingerprint density at radius 2 is 0.200 bits per heavy atom. The maximum absolute atomic E-state index is 10.3. The zero-order valence-corrected chi connectivity index (χ0v) is 50.5. The van der Waals surface area contributed by atoms with E-state index in [4.69, 9.17) is 0 Å². The van der Waals surface area contributed by atoms with E-state index >= 15 is 0 Å². The van der Waals surface area contributed by atoms with Gasteiger partial charge in [-0.2, -0.15) is 0 Å². The molecule has 0 aliphatic rings. The number of rotatable bonds is 60. The zero-order chi connectivity index (χ0) is 50.5. The fourth-order valence-electron chi connectivity index (χ4n) is 10.1. The second-order valence-corrected chi connectivity index (χ2v) is 22.3. The molecular formula is C66H135AlO3. The maximum atomic E-state index is 10.3. The zero-order valence-electron chi connectivity index (χ0n) is 49.3. The van der Waals surface area contributed by atoms with Crippen molar-refractivity contribution < 1.29 is 15.3 Å². The quantitative estimate of drug-likeness (QED) is 0.0450. The first-order valence-electron chi connectivity index (χ1n) is 33.0. The van der Waals surface area contributed by atoms with Crippen LogP contribution in [0.15, 0.2) is 0 Å². The molecule has 0 heterocycles. The Labute approximate surface area is 456 Å². The van der Waals surface area contributed by atoms with Gasteiger partial charge in [0.05, 0.1) is 0 Å². The average molecular weight is 1000 g/mol. The van der Waals surface area contributed by atoms with Crippen molar-refractivity contribution in [2.45, 2.75) is 406 Å². The molecule has 0 amide bonds. The van der Waals surface area contributed by atoms with Gasteiger partial charge in [-0.25, -0.2) is 0 Å². The van der Waals surface area contributed by atoms with Crippen LogP contribution in [0.2, 0.25) is 0 Å². The molecule has 0 radical (unpaired) electrons. The van der Waals surface area contributed by atoms with E-state index in [2.05, 4.69) is 20.8 Å². The smallest absolute Gasteiger partial charge is 0.854 e. The second kappa shape index (κ2) is 80.8. The van der Waals surface area contributed by atoms with Gasteiger partial charge in [-0.3, -0.25) is 0 Å². The molecule has 0 aromatic carbocycles. The van der Waals surface area contributed by atoms with E-state index in [0.717, 1.165) is 38.5 Å². The molecule has 0 spiro atoms. The average Bonchev–Trinajstić information content (AvgIpc) is 3.36. The van der Waals surface area contributed by atoms with Gasteiger partial charge in [0.15, 0.2) is 0 Å². The number of hydrogen-bond donors (Lipinski definition) is 0. The minimum absolute atomic E-state index is 0. The van der Waals surface area contributed by atoms with Crippen molar-refractivity contribution in [3.8, 4) is 0 Å². The number of hydrogen-bond acceptors (Lipinski definition) is 3. The van der Waals surface area contributed by atoms with E-state index in [0.29, 0.717) is 0 Å². The molecule has 420 valence electrons. The molecule has 4 heteroatoms. The van der Waals surface area contributed by atoms with Gasteiger partial charge in [0, 0.05) is 0 Å². The largest absolute Gasteiger partial charge is 3.00 e. The molecule has 0 rings (SSSR count). The van der Waals surface area contributed by atoms with E-state index in [1.54, 1.807) is 0 Å². The summed E-state index contributed by atoms with van der Waals surface area (Å²) in [6, 6.07) is 0. The van der Waals surface area contributed by atoms with E-state index in [-0.39, 0.29) is 37.2 Å². The summed E-state index contributed by atoms with van der Waals surface area (Å²) in [6.45, 7) is 7.24. The van der Waals surface area contributed by atoms with Gasteiger partial charge in [-0.15, -0.1) is 19.8 Å². The van der Waals surface area contributed by atoms with Gasteiger partial charge < -0.3 is 15.3 Å². The van der Waals surface area contributed by atoms with Crippen LogP contribution in [-0.2, 0) is 0 Å². The van der Waals surface area contributed by atoms with Crippen molar-refractivity contribution in [2.75, 3.05) is 19.8 Å². The normalized spacial score (nSPS) is 11.1. The Morgan fingerprint density at radius 1 is 0.129 bits per heavy atom. The Kier molecular flexibility index (Phi) is 88.8. The summed E-state index contributed by atoms with van der Waals surface area (Å²) < 4.78 is 0. The third kappa shape index (κ3) is 85.2. The molecule has 0 aromatic rings. The third-order valence-corrected chi connectivity index (χ3v) is 15.0. The minimum atomic E-state index is 0. The summed E-state index contributed by atoms with van der Waals surface area (Å²) in [6.07, 6.45) is 83.3. The van der Waals surface area contributed by atoms with Crippen LogP contribution < -0.4 is 15.3 Å². The standard InChI is InChI=1S/3C22H45O.Al/c3*1-2-3-4-5-6-7-8-9-10-11-12-13-14-15-16-17-18-19-20-21-22-23;/h3*2-22H2,1H3;/q3*-1;+3. The Morgan fingerprint density at radius 3 is 0.271 bits per heavy atom. The van der Waals surface area contributed by atoms with E-state index in [1.807, 2.05) is 0 Å². The fourth-order valence-corrected chi connectivity index (χ4v) is 10.1. The molecule has 0 aliphatic heterocycles. The fraction of sp³-hybridized carbons (Fsp3) is 1.00. The molecule has 0 bridgehead atoms. The Hall–Kier alpha value is 0.412. The second-order valence-electron chi connectivity index (χ2n) is 22.3. The van der Waals surface area contributed by atoms with Crippen molar-refractivity contribution in [1.29, 1.82) is 0 Å². The Balaban J connectivity index is -0.000000463. The van der Waals surface area contributed by atoms with Crippen molar-refractivity contribution in [1.82, 2.24) is 0 Å². The van der Waals surface area contributed by atoms with Gasteiger partial charge in [-0.1, -0.05) is 406 Å². The molecule has 0 aliphatic carbocycles. The summed E-state index contributed by atoms with van der Waals surface area (Å²) in [5.41, 5.74) is 0. The summed E-state index contributed by atoms with van der Waals surface area (Å²) in [7, 11) is 0. The molecule has 0 fully saturated rings. The van der Waals surface area contributed by atoms with Crippen molar-refractivity contribution in [3.05, 3.63) is 0 Å². The molecule has 0 atom stereocenters. The third-order valence-electron chi connectivity index (χ3n) is 15.0. The van der Waals surface area contributed by atoms with E-state index < -0.39 is 0 Å². The first kappa shape index (κ1) is 76.9. The minimum Gasteiger partial charge on any atom is -0.854 e. The van der Waals surface area contributed by atoms with Crippen LogP contribution in [0.1, 0.15) is 406 Å². The molecule has 3 nitrogen and oxygen atoms in total. The van der Waals surface area contributed by atoms with E-state index in [9.17, 15) is 15.3 Å². The van der Waals surface area contributed by atoms with Gasteiger partial charge in [0.1, 0.15) is 0 Å². The monoisotopic (exact) mass is 1000 g/mol. The van der Waals surface area contributed by atoms with Crippen LogP contribution in [0, 0.1) is 0 Å². The van der Waals surface area contributed by atoms with Crippen molar-refractivity contribution in [2.24, 2.45) is 0 Å². The molecule has 0 saturated heterocycles. The van der Waals surface area contributed by atoms with Crippen LogP contribution in [0.3, 0.4) is 0 Å². The predicted molar refractivity (Wildman–Crippen MR) is 314 cm³/mol. The molecule has 70 heavy (non-hydrogen) atoms. The SMILES string of the molecule is CCCCCCCCCCCCCCCCCCCCCC[O-].CCCCCCCCCCCCCCCCCCCCCC[O-].CCCCCCCCCCCCCCCCCCCCCC[O-].[Al+3]. The van der Waals surface area contributed by atoms with E-state index in [1.165, 1.54) is 347 Å². The van der Waals surface area contributed by atoms with Crippen LogP contribution in [0.4, 0.5) is 0 Å².